The summed E-state index contributed by atoms with van der Waals surface area (Å²) in [5.41, 5.74) is -0.502. The molecule has 0 radical (unpaired) electrons. The van der Waals surface area contributed by atoms with Gasteiger partial charge in [0, 0.05) is 0 Å². The van der Waals surface area contributed by atoms with Gasteiger partial charge >= 0.3 is 11.9 Å². The fraction of sp³-hybridized carbons (Fsp3) is 0.176. The summed E-state index contributed by atoms with van der Waals surface area (Å²) >= 11 is 0. The van der Waals surface area contributed by atoms with E-state index in [0.717, 1.165) is 5.56 Å². The summed E-state index contributed by atoms with van der Waals surface area (Å²) in [5.74, 6) is -2.00. The van der Waals surface area contributed by atoms with E-state index in [1.165, 1.54) is 6.92 Å². The van der Waals surface area contributed by atoms with E-state index >= 15 is 0 Å². The molecule has 0 saturated carbocycles. The fourth-order valence-electron chi connectivity index (χ4n) is 1.97. The van der Waals surface area contributed by atoms with Crippen LogP contribution in [0.2, 0.25) is 0 Å². The maximum atomic E-state index is 12.3. The number of benzene rings is 2. The Hall–Kier alpha value is -2.62. The molecular weight excluding hydrogens is 268 g/mol. The molecule has 2 aromatic rings. The number of carboxylic acids is 1. The Morgan fingerprint density at radius 3 is 2.05 bits per heavy atom. The summed E-state index contributed by atoms with van der Waals surface area (Å²) in [6.45, 7) is 1.41. The maximum absolute atomic E-state index is 12.3. The van der Waals surface area contributed by atoms with Gasteiger partial charge in [-0.1, -0.05) is 60.7 Å². The van der Waals surface area contributed by atoms with Crippen LogP contribution in [-0.2, 0) is 26.3 Å². The van der Waals surface area contributed by atoms with Gasteiger partial charge in [-0.25, -0.2) is 0 Å². The third-order valence-corrected chi connectivity index (χ3v) is 3.40. The molecule has 0 saturated heterocycles. The van der Waals surface area contributed by atoms with Crippen LogP contribution in [-0.4, -0.2) is 17.0 Å². The van der Waals surface area contributed by atoms with Gasteiger partial charge in [0.15, 0.2) is 5.41 Å². The van der Waals surface area contributed by atoms with E-state index in [4.69, 9.17) is 4.74 Å². The Bertz CT molecular complexity index is 622. The monoisotopic (exact) mass is 284 g/mol. The quantitative estimate of drug-likeness (QED) is 0.677. The summed E-state index contributed by atoms with van der Waals surface area (Å²) in [6, 6.07) is 17.5. The van der Waals surface area contributed by atoms with E-state index in [9.17, 15) is 14.7 Å². The molecule has 0 aromatic heterocycles. The molecular formula is C17H16O4. The molecule has 0 aliphatic carbocycles. The van der Waals surface area contributed by atoms with E-state index in [1.807, 2.05) is 30.3 Å². The van der Waals surface area contributed by atoms with Crippen LogP contribution >= 0.6 is 0 Å². The van der Waals surface area contributed by atoms with Crippen LogP contribution in [0.5, 0.6) is 0 Å². The topological polar surface area (TPSA) is 63.6 Å². The molecule has 4 nitrogen and oxygen atoms in total. The zero-order chi connectivity index (χ0) is 15.3. The molecule has 0 unspecified atom stereocenters. The fourth-order valence-corrected chi connectivity index (χ4v) is 1.97. The Kier molecular flexibility index (Phi) is 4.38. The first-order valence-corrected chi connectivity index (χ1v) is 6.55. The van der Waals surface area contributed by atoms with Crippen molar-refractivity contribution in [2.45, 2.75) is 18.9 Å². The lowest BCUT2D eigenvalue weighted by Crippen LogP contribution is -2.42. The van der Waals surface area contributed by atoms with Crippen LogP contribution in [0.25, 0.3) is 0 Å². The SMILES string of the molecule is C[C@](C(=O)O)(C(=O)OCc1ccccc1)c1ccccc1. The summed E-state index contributed by atoms with van der Waals surface area (Å²) < 4.78 is 5.19. The number of rotatable bonds is 5. The second-order valence-electron chi connectivity index (χ2n) is 4.86. The number of carboxylic acid groups (broad SMARTS) is 1. The predicted octanol–water partition coefficient (Wildman–Crippen LogP) is 2.77. The van der Waals surface area contributed by atoms with Crippen LogP contribution in [0.3, 0.4) is 0 Å². The number of hydrogen-bond donors (Lipinski definition) is 1. The molecule has 108 valence electrons. The Balaban J connectivity index is 2.19. The van der Waals surface area contributed by atoms with Gasteiger partial charge < -0.3 is 9.84 Å². The molecule has 0 bridgehead atoms. The summed E-state index contributed by atoms with van der Waals surface area (Å²) in [6.07, 6.45) is 0. The third-order valence-electron chi connectivity index (χ3n) is 3.40. The van der Waals surface area contributed by atoms with Crippen molar-refractivity contribution in [3.8, 4) is 0 Å². The van der Waals surface area contributed by atoms with Crippen LogP contribution in [0.4, 0.5) is 0 Å². The normalized spacial score (nSPS) is 13.2. The number of carbonyl (C=O) groups excluding carboxylic acids is 1. The van der Waals surface area contributed by atoms with Gasteiger partial charge in [0.1, 0.15) is 6.61 Å². The highest BCUT2D eigenvalue weighted by Crippen LogP contribution is 2.26. The van der Waals surface area contributed by atoms with Crippen molar-refractivity contribution in [2.75, 3.05) is 0 Å². The molecule has 0 amide bonds. The van der Waals surface area contributed by atoms with Gasteiger partial charge in [0.05, 0.1) is 0 Å². The standard InChI is InChI=1S/C17H16O4/c1-17(15(18)19,14-10-6-3-7-11-14)16(20)21-12-13-8-4-2-5-9-13/h2-11H,12H2,1H3,(H,18,19)/t17-/m0/s1. The van der Waals surface area contributed by atoms with Gasteiger partial charge in [-0.2, -0.15) is 0 Å². The van der Waals surface area contributed by atoms with E-state index < -0.39 is 17.4 Å². The Morgan fingerprint density at radius 1 is 1.00 bits per heavy atom. The summed E-state index contributed by atoms with van der Waals surface area (Å²) in [7, 11) is 0. The van der Waals surface area contributed by atoms with Crippen LogP contribution in [0.1, 0.15) is 18.1 Å². The molecule has 1 atom stereocenters. The third kappa shape index (κ3) is 3.11. The lowest BCUT2D eigenvalue weighted by molar-refractivity contribution is -0.161. The highest BCUT2D eigenvalue weighted by molar-refractivity contribution is 6.05. The number of ether oxygens (including phenoxy) is 1. The Morgan fingerprint density at radius 2 is 1.52 bits per heavy atom. The largest absolute Gasteiger partial charge is 0.480 e. The van der Waals surface area contributed by atoms with Crippen molar-refractivity contribution in [1.29, 1.82) is 0 Å². The maximum Gasteiger partial charge on any atom is 0.328 e. The second-order valence-corrected chi connectivity index (χ2v) is 4.86. The highest BCUT2D eigenvalue weighted by atomic mass is 16.5. The molecule has 2 aromatic carbocycles. The van der Waals surface area contributed by atoms with Gasteiger partial charge in [-0.3, -0.25) is 9.59 Å². The summed E-state index contributed by atoms with van der Waals surface area (Å²) in [5, 5.41) is 9.45. The first-order chi connectivity index (χ1) is 10.0. The van der Waals surface area contributed by atoms with Gasteiger partial charge in [0.25, 0.3) is 0 Å². The predicted molar refractivity (Wildman–Crippen MR) is 77.7 cm³/mol. The molecule has 4 heteroatoms. The number of hydrogen-bond acceptors (Lipinski definition) is 3. The smallest absolute Gasteiger partial charge is 0.328 e. The molecule has 2 rings (SSSR count). The average molecular weight is 284 g/mol. The lowest BCUT2D eigenvalue weighted by Gasteiger charge is -2.23. The summed E-state index contributed by atoms with van der Waals surface area (Å²) in [4.78, 5) is 23.9. The zero-order valence-corrected chi connectivity index (χ0v) is 11.7. The molecule has 1 N–H and O–H groups in total. The number of carbonyl (C=O) groups is 2. The van der Waals surface area contributed by atoms with Crippen molar-refractivity contribution in [3.63, 3.8) is 0 Å². The molecule has 0 aliphatic rings. The molecule has 0 fully saturated rings. The molecule has 0 aliphatic heterocycles. The first-order valence-electron chi connectivity index (χ1n) is 6.55. The van der Waals surface area contributed by atoms with E-state index in [1.54, 1.807) is 30.3 Å². The second kappa shape index (κ2) is 6.22. The Labute approximate surface area is 123 Å². The van der Waals surface area contributed by atoms with Crippen molar-refractivity contribution in [2.24, 2.45) is 0 Å². The number of esters is 1. The van der Waals surface area contributed by atoms with Crippen LogP contribution in [0, 0.1) is 0 Å². The molecule has 0 heterocycles. The van der Waals surface area contributed by atoms with Gasteiger partial charge in [-0.05, 0) is 18.1 Å². The van der Waals surface area contributed by atoms with Crippen molar-refractivity contribution >= 4 is 11.9 Å². The van der Waals surface area contributed by atoms with Crippen molar-refractivity contribution in [1.82, 2.24) is 0 Å². The first kappa shape index (κ1) is 14.8. The van der Waals surface area contributed by atoms with E-state index in [-0.39, 0.29) is 6.61 Å². The van der Waals surface area contributed by atoms with Gasteiger partial charge in [-0.15, -0.1) is 0 Å². The van der Waals surface area contributed by atoms with Gasteiger partial charge in [0.2, 0.25) is 0 Å². The van der Waals surface area contributed by atoms with Crippen LogP contribution < -0.4 is 0 Å². The highest BCUT2D eigenvalue weighted by Gasteiger charge is 2.44. The van der Waals surface area contributed by atoms with E-state index in [2.05, 4.69) is 0 Å². The van der Waals surface area contributed by atoms with Crippen molar-refractivity contribution < 1.29 is 19.4 Å². The average Bonchev–Trinajstić information content (AvgIpc) is 2.53. The minimum atomic E-state index is -1.71. The lowest BCUT2D eigenvalue weighted by atomic mass is 9.82. The minimum absolute atomic E-state index is 0.0510. The molecule has 21 heavy (non-hydrogen) atoms. The zero-order valence-electron chi connectivity index (χ0n) is 11.7. The van der Waals surface area contributed by atoms with Crippen molar-refractivity contribution in [3.05, 3.63) is 71.8 Å². The minimum Gasteiger partial charge on any atom is -0.480 e. The van der Waals surface area contributed by atoms with E-state index in [0.29, 0.717) is 5.56 Å². The molecule has 0 spiro atoms. The van der Waals surface area contributed by atoms with Crippen LogP contribution in [0.15, 0.2) is 60.7 Å². The number of aliphatic carboxylic acids is 1.